The second-order valence-corrected chi connectivity index (χ2v) is 7.48. The summed E-state index contributed by atoms with van der Waals surface area (Å²) in [6, 6.07) is 16.5. The molecule has 6 nitrogen and oxygen atoms in total. The molecule has 2 aromatic carbocycles. The zero-order valence-corrected chi connectivity index (χ0v) is 15.5. The molecule has 0 fully saturated rings. The molecule has 0 radical (unpaired) electrons. The van der Waals surface area contributed by atoms with Crippen molar-refractivity contribution in [1.29, 1.82) is 0 Å². The van der Waals surface area contributed by atoms with Crippen molar-refractivity contribution in [3.05, 3.63) is 88.7 Å². The molecular weight excluding hydrogens is 388 g/mol. The van der Waals surface area contributed by atoms with Crippen LogP contribution in [0.1, 0.15) is 16.1 Å². The summed E-state index contributed by atoms with van der Waals surface area (Å²) in [4.78, 5) is 12.2. The van der Waals surface area contributed by atoms with Gasteiger partial charge in [-0.05, 0) is 42.0 Å². The zero-order valence-electron chi connectivity index (χ0n) is 13.9. The monoisotopic (exact) mass is 402 g/mol. The second-order valence-electron chi connectivity index (χ2n) is 5.48. The van der Waals surface area contributed by atoms with Crippen LogP contribution in [0.2, 0.25) is 5.02 Å². The molecule has 3 aromatic rings. The molecule has 0 saturated heterocycles. The molecule has 138 valence electrons. The van der Waals surface area contributed by atoms with Gasteiger partial charge in [0.1, 0.15) is 0 Å². The van der Waals surface area contributed by atoms with E-state index in [2.05, 4.69) is 10.0 Å². The fourth-order valence-electron chi connectivity index (χ4n) is 2.22. The highest BCUT2D eigenvalue weighted by atomic mass is 35.5. The molecule has 27 heavy (non-hydrogen) atoms. The molecule has 1 heterocycles. The molecule has 2 N–H and O–H groups in total. The van der Waals surface area contributed by atoms with E-state index in [1.807, 2.05) is 6.07 Å². The molecule has 0 bridgehead atoms. The number of halogens is 1. The lowest BCUT2D eigenvalue weighted by atomic mass is 10.2. The van der Waals surface area contributed by atoms with Gasteiger partial charge in [-0.25, -0.2) is 8.42 Å². The Bertz CT molecular complexity index is 1060. The number of rotatable bonds is 6. The molecule has 0 spiro atoms. The van der Waals surface area contributed by atoms with Crippen molar-refractivity contribution in [2.75, 3.05) is 10.0 Å². The highest BCUT2D eigenvalue weighted by molar-refractivity contribution is 7.95. The summed E-state index contributed by atoms with van der Waals surface area (Å²) >= 11 is 5.97. The Kier molecular flexibility index (Phi) is 5.63. The largest absolute Gasteiger partial charge is 0.459 e. The maximum absolute atomic E-state index is 12.4. The number of furan rings is 1. The predicted octanol–water partition coefficient (Wildman–Crippen LogP) is 4.60. The van der Waals surface area contributed by atoms with Crippen LogP contribution in [0.25, 0.3) is 6.08 Å². The Labute approximate surface area is 161 Å². The van der Waals surface area contributed by atoms with E-state index in [0.717, 1.165) is 11.0 Å². The van der Waals surface area contributed by atoms with Gasteiger partial charge in [0.25, 0.3) is 15.9 Å². The number of hydrogen-bond donors (Lipinski definition) is 2. The molecule has 0 unspecified atom stereocenters. The van der Waals surface area contributed by atoms with Crippen LogP contribution in [0.15, 0.2) is 76.8 Å². The summed E-state index contributed by atoms with van der Waals surface area (Å²) in [5.41, 5.74) is 1.13. The number of carbonyl (C=O) groups excluding carboxylic acids is 1. The van der Waals surface area contributed by atoms with Gasteiger partial charge in [-0.15, -0.1) is 0 Å². The number of anilines is 2. The van der Waals surface area contributed by atoms with Gasteiger partial charge in [-0.1, -0.05) is 41.9 Å². The van der Waals surface area contributed by atoms with Crippen molar-refractivity contribution in [1.82, 2.24) is 0 Å². The second kappa shape index (κ2) is 8.11. The Hall–Kier alpha value is -3.03. The van der Waals surface area contributed by atoms with E-state index < -0.39 is 15.9 Å². The van der Waals surface area contributed by atoms with Crippen molar-refractivity contribution in [2.24, 2.45) is 0 Å². The predicted molar refractivity (Wildman–Crippen MR) is 106 cm³/mol. The maximum Gasteiger partial charge on any atom is 0.291 e. The van der Waals surface area contributed by atoms with Crippen LogP contribution in [0, 0.1) is 0 Å². The molecule has 8 heteroatoms. The summed E-state index contributed by atoms with van der Waals surface area (Å²) in [6.45, 7) is 0. The van der Waals surface area contributed by atoms with Crippen LogP contribution in [-0.4, -0.2) is 14.3 Å². The quantitative estimate of drug-likeness (QED) is 0.630. The van der Waals surface area contributed by atoms with Gasteiger partial charge in [-0.2, -0.15) is 0 Å². The lowest BCUT2D eigenvalue weighted by molar-refractivity contribution is 0.0996. The maximum atomic E-state index is 12.4. The molecule has 0 aliphatic rings. The fraction of sp³-hybridized carbons (Fsp3) is 0. The van der Waals surface area contributed by atoms with Crippen molar-refractivity contribution >= 4 is 45.0 Å². The minimum Gasteiger partial charge on any atom is -0.459 e. The van der Waals surface area contributed by atoms with E-state index in [0.29, 0.717) is 5.02 Å². The van der Waals surface area contributed by atoms with Gasteiger partial charge in [0.15, 0.2) is 5.76 Å². The van der Waals surface area contributed by atoms with Crippen molar-refractivity contribution in [3.63, 3.8) is 0 Å². The Morgan fingerprint density at radius 3 is 2.48 bits per heavy atom. The van der Waals surface area contributed by atoms with Crippen LogP contribution >= 0.6 is 11.6 Å². The number of nitrogens with one attached hydrogen (secondary N) is 2. The van der Waals surface area contributed by atoms with Gasteiger partial charge in [0.05, 0.1) is 23.0 Å². The molecular formula is C19H15ClN2O4S. The van der Waals surface area contributed by atoms with Gasteiger partial charge < -0.3 is 9.73 Å². The third kappa shape index (κ3) is 5.22. The van der Waals surface area contributed by atoms with Gasteiger partial charge in [0, 0.05) is 5.02 Å². The van der Waals surface area contributed by atoms with Crippen LogP contribution in [-0.2, 0) is 10.0 Å². The summed E-state index contributed by atoms with van der Waals surface area (Å²) in [7, 11) is -3.81. The van der Waals surface area contributed by atoms with E-state index in [1.54, 1.807) is 30.3 Å². The first-order valence-corrected chi connectivity index (χ1v) is 9.76. The molecule has 0 aliphatic heterocycles. The zero-order chi connectivity index (χ0) is 19.3. The molecule has 0 saturated carbocycles. The Morgan fingerprint density at radius 1 is 1.00 bits per heavy atom. The van der Waals surface area contributed by atoms with Crippen LogP contribution in [0.4, 0.5) is 11.4 Å². The van der Waals surface area contributed by atoms with E-state index in [-0.39, 0.29) is 17.1 Å². The highest BCUT2D eigenvalue weighted by Crippen LogP contribution is 2.27. The lowest BCUT2D eigenvalue weighted by Crippen LogP contribution is -2.15. The molecule has 3 rings (SSSR count). The minimum absolute atomic E-state index is 0.0905. The Morgan fingerprint density at radius 2 is 1.78 bits per heavy atom. The van der Waals surface area contributed by atoms with Crippen molar-refractivity contribution < 1.29 is 17.6 Å². The topological polar surface area (TPSA) is 88.4 Å². The van der Waals surface area contributed by atoms with E-state index in [4.69, 9.17) is 16.0 Å². The number of carbonyl (C=O) groups is 1. The first-order chi connectivity index (χ1) is 12.9. The number of sulfonamides is 1. The van der Waals surface area contributed by atoms with Gasteiger partial charge in [0.2, 0.25) is 0 Å². The average molecular weight is 403 g/mol. The first-order valence-electron chi connectivity index (χ1n) is 7.83. The highest BCUT2D eigenvalue weighted by Gasteiger charge is 2.15. The summed E-state index contributed by atoms with van der Waals surface area (Å²) < 4.78 is 32.2. The van der Waals surface area contributed by atoms with Crippen molar-refractivity contribution in [2.45, 2.75) is 0 Å². The van der Waals surface area contributed by atoms with Crippen LogP contribution in [0.5, 0.6) is 0 Å². The van der Waals surface area contributed by atoms with E-state index in [1.165, 1.54) is 36.6 Å². The first kappa shape index (κ1) is 18.8. The van der Waals surface area contributed by atoms with Crippen LogP contribution < -0.4 is 10.0 Å². The molecule has 1 aromatic heterocycles. The lowest BCUT2D eigenvalue weighted by Gasteiger charge is -2.12. The third-order valence-electron chi connectivity index (χ3n) is 3.47. The Balaban J connectivity index is 1.81. The average Bonchev–Trinajstić information content (AvgIpc) is 3.18. The smallest absolute Gasteiger partial charge is 0.291 e. The van der Waals surface area contributed by atoms with E-state index >= 15 is 0 Å². The fourth-order valence-corrected chi connectivity index (χ4v) is 3.28. The van der Waals surface area contributed by atoms with E-state index in [9.17, 15) is 13.2 Å². The number of hydrogen-bond acceptors (Lipinski definition) is 4. The normalized spacial score (nSPS) is 11.4. The minimum atomic E-state index is -3.81. The number of amides is 1. The summed E-state index contributed by atoms with van der Waals surface area (Å²) in [6.07, 6.45) is 2.84. The van der Waals surface area contributed by atoms with Crippen molar-refractivity contribution in [3.8, 4) is 0 Å². The summed E-state index contributed by atoms with van der Waals surface area (Å²) in [5.74, 6) is -0.435. The molecule has 1 amide bonds. The van der Waals surface area contributed by atoms with Gasteiger partial charge in [-0.3, -0.25) is 9.52 Å². The number of benzene rings is 2. The standard InChI is InChI=1S/C19H15ClN2O4S/c20-15-8-9-16(17(13-15)21-19(23)18-7-4-11-26-18)22-27(24,25)12-10-14-5-2-1-3-6-14/h1-13,22H,(H,21,23). The summed E-state index contributed by atoms with van der Waals surface area (Å²) in [5, 5.41) is 3.97. The van der Waals surface area contributed by atoms with Gasteiger partial charge >= 0.3 is 0 Å². The van der Waals surface area contributed by atoms with Crippen LogP contribution in [0.3, 0.4) is 0 Å². The molecule has 0 aliphatic carbocycles. The SMILES string of the molecule is O=C(Nc1cc(Cl)ccc1NS(=O)(=O)C=Cc1ccccc1)c1ccco1. The molecule has 0 atom stereocenters. The third-order valence-corrected chi connectivity index (χ3v) is 4.70.